The number of thiocarbonyl (C=S) groups is 1. The lowest BCUT2D eigenvalue weighted by Gasteiger charge is -2.30. The van der Waals surface area contributed by atoms with Gasteiger partial charge in [-0.05, 0) is 60.1 Å². The molecule has 2 aromatic heterocycles. The third-order valence-corrected chi connectivity index (χ3v) is 6.74. The van der Waals surface area contributed by atoms with Crippen LogP contribution in [0, 0.1) is 6.92 Å². The average molecular weight is 500 g/mol. The zero-order valence-corrected chi connectivity index (χ0v) is 20.9. The topological polar surface area (TPSA) is 78.9 Å². The Morgan fingerprint density at radius 1 is 1.00 bits per heavy atom. The van der Waals surface area contributed by atoms with E-state index in [9.17, 15) is 0 Å². The Kier molecular flexibility index (Phi) is 7.15. The lowest BCUT2D eigenvalue weighted by atomic mass is 10.00. The Hall–Kier alpha value is -3.56. The molecule has 0 spiro atoms. The van der Waals surface area contributed by atoms with E-state index in [2.05, 4.69) is 85.9 Å². The minimum atomic E-state index is 0.446. The number of nitrogens with one attached hydrogen (secondary N) is 2. The molecule has 9 heteroatoms. The van der Waals surface area contributed by atoms with Crippen LogP contribution < -0.4 is 15.5 Å². The van der Waals surface area contributed by atoms with Gasteiger partial charge in [-0.3, -0.25) is 0 Å². The first-order valence-electron chi connectivity index (χ1n) is 11.4. The summed E-state index contributed by atoms with van der Waals surface area (Å²) >= 11 is 6.94. The van der Waals surface area contributed by atoms with Crippen LogP contribution in [0.4, 0.5) is 11.8 Å². The average Bonchev–Trinajstić information content (AvgIpc) is 2.88. The van der Waals surface area contributed by atoms with Gasteiger partial charge in [0.2, 0.25) is 5.95 Å². The molecule has 4 aromatic rings. The molecule has 0 amide bonds. The van der Waals surface area contributed by atoms with Gasteiger partial charge in [-0.15, -0.1) is 0 Å². The molecule has 0 saturated heterocycles. The lowest BCUT2D eigenvalue weighted by molar-refractivity contribution is 0.717. The van der Waals surface area contributed by atoms with E-state index in [1.54, 1.807) is 18.5 Å². The van der Waals surface area contributed by atoms with Crippen LogP contribution in [0.3, 0.4) is 0 Å². The zero-order valence-electron chi connectivity index (χ0n) is 19.3. The van der Waals surface area contributed by atoms with Crippen molar-refractivity contribution in [1.29, 1.82) is 0 Å². The van der Waals surface area contributed by atoms with Crippen LogP contribution in [0.2, 0.25) is 0 Å². The van der Waals surface area contributed by atoms with Crippen molar-refractivity contribution in [3.63, 3.8) is 0 Å². The molecule has 1 aliphatic heterocycles. The highest BCUT2D eigenvalue weighted by Crippen LogP contribution is 2.29. The summed E-state index contributed by atoms with van der Waals surface area (Å²) in [7, 11) is 0. The minimum absolute atomic E-state index is 0.446. The van der Waals surface area contributed by atoms with Crippen LogP contribution >= 0.6 is 24.0 Å². The first-order valence-corrected chi connectivity index (χ1v) is 12.6. The summed E-state index contributed by atoms with van der Waals surface area (Å²) in [5.74, 6) is 1.29. The quantitative estimate of drug-likeness (QED) is 0.221. The van der Waals surface area contributed by atoms with E-state index >= 15 is 0 Å². The molecule has 0 unspecified atom stereocenters. The van der Waals surface area contributed by atoms with Crippen LogP contribution in [0.25, 0.3) is 0 Å². The maximum atomic E-state index is 5.54. The molecule has 0 saturated carbocycles. The largest absolute Gasteiger partial charge is 0.358 e. The molecule has 3 heterocycles. The molecule has 0 radical (unpaired) electrons. The molecule has 35 heavy (non-hydrogen) atoms. The van der Waals surface area contributed by atoms with Crippen LogP contribution in [-0.2, 0) is 19.5 Å². The molecule has 5 rings (SSSR count). The highest BCUT2D eigenvalue weighted by Gasteiger charge is 2.19. The summed E-state index contributed by atoms with van der Waals surface area (Å²) < 4.78 is 0. The summed E-state index contributed by atoms with van der Waals surface area (Å²) in [5.41, 5.74) is 5.10. The van der Waals surface area contributed by atoms with Gasteiger partial charge in [-0.1, -0.05) is 54.1 Å². The zero-order chi connectivity index (χ0) is 24.0. The number of aryl methyl sites for hydroxylation is 1. The van der Waals surface area contributed by atoms with E-state index in [-0.39, 0.29) is 0 Å². The highest BCUT2D eigenvalue weighted by molar-refractivity contribution is 7.99. The Balaban J connectivity index is 1.35. The second-order valence-corrected chi connectivity index (χ2v) is 9.65. The third kappa shape index (κ3) is 6.12. The van der Waals surface area contributed by atoms with Crippen molar-refractivity contribution in [3.8, 4) is 0 Å². The van der Waals surface area contributed by atoms with E-state index in [4.69, 9.17) is 17.2 Å². The van der Waals surface area contributed by atoms with E-state index in [1.807, 2.05) is 6.07 Å². The van der Waals surface area contributed by atoms with E-state index in [1.165, 1.54) is 28.5 Å². The van der Waals surface area contributed by atoms with Crippen LogP contribution in [0.1, 0.15) is 22.3 Å². The molecule has 0 fully saturated rings. The van der Waals surface area contributed by atoms with Gasteiger partial charge in [0.15, 0.2) is 10.3 Å². The van der Waals surface area contributed by atoms with Crippen molar-refractivity contribution in [3.05, 3.63) is 95.3 Å². The van der Waals surface area contributed by atoms with Gasteiger partial charge < -0.3 is 15.5 Å². The summed E-state index contributed by atoms with van der Waals surface area (Å²) in [6.45, 7) is 4.38. The van der Waals surface area contributed by atoms with Gasteiger partial charge in [-0.2, -0.15) is 4.98 Å². The predicted octanol–water partition coefficient (Wildman–Crippen LogP) is 4.78. The van der Waals surface area contributed by atoms with E-state index in [0.29, 0.717) is 22.8 Å². The number of hydrogen-bond donors (Lipinski definition) is 2. The molecular weight excluding hydrogens is 474 g/mol. The van der Waals surface area contributed by atoms with Crippen molar-refractivity contribution in [2.75, 3.05) is 16.8 Å². The molecular formula is C26H25N7S2. The molecule has 0 atom stereocenters. The van der Waals surface area contributed by atoms with Crippen molar-refractivity contribution >= 4 is 40.9 Å². The Morgan fingerprint density at radius 3 is 2.57 bits per heavy atom. The van der Waals surface area contributed by atoms with Crippen molar-refractivity contribution in [1.82, 2.24) is 25.3 Å². The fraction of sp³-hybridized carbons (Fsp3) is 0.192. The van der Waals surface area contributed by atoms with Gasteiger partial charge >= 0.3 is 0 Å². The normalized spacial score (nSPS) is 12.7. The highest BCUT2D eigenvalue weighted by atomic mass is 32.2. The standard InChI is InChI=1S/C26H25N7S2/c1-18-7-9-19(10-8-18)16-29-25(34)32-24-30-22(15-23(31-24)35-26-27-12-4-13-28-26)33-14-11-20-5-2-3-6-21(20)17-33/h2-10,12-13,15H,11,14,16-17H2,1H3,(H2,29,30,31,32,34). The maximum Gasteiger partial charge on any atom is 0.232 e. The molecule has 176 valence electrons. The van der Waals surface area contributed by atoms with Crippen LogP contribution in [0.15, 0.2) is 83.2 Å². The van der Waals surface area contributed by atoms with Gasteiger partial charge in [-0.25, -0.2) is 15.0 Å². The molecule has 2 aromatic carbocycles. The Morgan fingerprint density at radius 2 is 1.77 bits per heavy atom. The SMILES string of the molecule is Cc1ccc(CNC(=S)Nc2nc(Sc3ncccn3)cc(N3CCc4ccccc4C3)n2)cc1. The molecule has 2 N–H and O–H groups in total. The van der Waals surface area contributed by atoms with Gasteiger partial charge in [0.25, 0.3) is 0 Å². The molecule has 7 nitrogen and oxygen atoms in total. The predicted molar refractivity (Wildman–Crippen MR) is 144 cm³/mol. The summed E-state index contributed by atoms with van der Waals surface area (Å²) in [6.07, 6.45) is 4.42. The van der Waals surface area contributed by atoms with Crippen LogP contribution in [0.5, 0.6) is 0 Å². The summed E-state index contributed by atoms with van der Waals surface area (Å²) in [5, 5.41) is 8.27. The summed E-state index contributed by atoms with van der Waals surface area (Å²) in [4.78, 5) is 20.4. The van der Waals surface area contributed by atoms with Crippen molar-refractivity contribution in [2.45, 2.75) is 36.6 Å². The van der Waals surface area contributed by atoms with Crippen molar-refractivity contribution in [2.24, 2.45) is 0 Å². The molecule has 0 bridgehead atoms. The fourth-order valence-electron chi connectivity index (χ4n) is 3.84. The smallest absolute Gasteiger partial charge is 0.232 e. The minimum Gasteiger partial charge on any atom is -0.358 e. The van der Waals surface area contributed by atoms with Crippen LogP contribution in [-0.4, -0.2) is 31.6 Å². The van der Waals surface area contributed by atoms with Gasteiger partial charge in [0.05, 0.1) is 0 Å². The Bertz CT molecular complexity index is 1310. The van der Waals surface area contributed by atoms with Crippen molar-refractivity contribution < 1.29 is 0 Å². The number of nitrogens with zero attached hydrogens (tertiary/aromatic N) is 5. The molecule has 1 aliphatic rings. The third-order valence-electron chi connectivity index (χ3n) is 5.68. The van der Waals surface area contributed by atoms with Gasteiger partial charge in [0.1, 0.15) is 10.8 Å². The number of hydrogen-bond acceptors (Lipinski definition) is 7. The number of rotatable bonds is 6. The first kappa shape index (κ1) is 23.2. The number of fused-ring (bicyclic) bond motifs is 1. The second-order valence-electron chi connectivity index (χ2n) is 8.25. The maximum absolute atomic E-state index is 5.54. The Labute approximate surface area is 214 Å². The van der Waals surface area contributed by atoms with Gasteiger partial charge in [0, 0.05) is 38.1 Å². The molecule has 0 aliphatic carbocycles. The number of anilines is 2. The second kappa shape index (κ2) is 10.8. The number of aromatic nitrogens is 4. The fourth-order valence-corrected chi connectivity index (χ4v) is 4.71. The van der Waals surface area contributed by atoms with E-state index in [0.717, 1.165) is 35.9 Å². The first-order chi connectivity index (χ1) is 17.1. The van der Waals surface area contributed by atoms with E-state index < -0.39 is 0 Å². The summed E-state index contributed by atoms with van der Waals surface area (Å²) in [6, 6.07) is 20.7. The monoisotopic (exact) mass is 499 g/mol. The number of benzene rings is 2. The lowest BCUT2D eigenvalue weighted by Crippen LogP contribution is -2.32.